The highest BCUT2D eigenvalue weighted by atomic mass is 16.5. The van der Waals surface area contributed by atoms with Gasteiger partial charge in [-0.2, -0.15) is 0 Å². The van der Waals surface area contributed by atoms with Crippen molar-refractivity contribution in [1.29, 1.82) is 0 Å². The van der Waals surface area contributed by atoms with Gasteiger partial charge in [0.1, 0.15) is 5.75 Å². The first kappa shape index (κ1) is 14.4. The molecule has 2 nitrogen and oxygen atoms in total. The van der Waals surface area contributed by atoms with E-state index in [1.165, 1.54) is 31.2 Å². The normalized spacial score (nSPS) is 25.9. The van der Waals surface area contributed by atoms with E-state index in [0.29, 0.717) is 5.41 Å². The predicted molar refractivity (Wildman–Crippen MR) is 80.8 cm³/mol. The van der Waals surface area contributed by atoms with Crippen LogP contribution >= 0.6 is 0 Å². The summed E-state index contributed by atoms with van der Waals surface area (Å²) in [6.07, 6.45) is 5.07. The third kappa shape index (κ3) is 2.94. The standard InChI is InChI=1S/C17H27NO/c1-4-10-18-13-17(11-14(5-2)12-17)15-8-6-7-9-16(15)19-3/h6-9,14,18H,4-5,10-13H2,1-3H3. The highest BCUT2D eigenvalue weighted by Crippen LogP contribution is 2.51. The first-order chi connectivity index (χ1) is 9.25. The fourth-order valence-corrected chi connectivity index (χ4v) is 3.38. The van der Waals surface area contributed by atoms with Crippen molar-refractivity contribution in [3.05, 3.63) is 29.8 Å². The van der Waals surface area contributed by atoms with Crippen LogP contribution in [0.3, 0.4) is 0 Å². The van der Waals surface area contributed by atoms with E-state index >= 15 is 0 Å². The van der Waals surface area contributed by atoms with E-state index < -0.39 is 0 Å². The number of ether oxygens (including phenoxy) is 1. The van der Waals surface area contributed by atoms with Crippen molar-refractivity contribution in [3.8, 4) is 5.75 Å². The molecule has 0 atom stereocenters. The molecule has 0 bridgehead atoms. The molecule has 0 spiro atoms. The van der Waals surface area contributed by atoms with Crippen LogP contribution in [0.25, 0.3) is 0 Å². The van der Waals surface area contributed by atoms with Gasteiger partial charge in [0, 0.05) is 17.5 Å². The lowest BCUT2D eigenvalue weighted by Gasteiger charge is -2.49. The van der Waals surface area contributed by atoms with E-state index in [0.717, 1.165) is 24.8 Å². The van der Waals surface area contributed by atoms with E-state index in [4.69, 9.17) is 4.74 Å². The maximum Gasteiger partial charge on any atom is 0.122 e. The molecule has 2 rings (SSSR count). The molecule has 2 heteroatoms. The topological polar surface area (TPSA) is 21.3 Å². The SMILES string of the molecule is CCCNCC1(c2ccccc2OC)CC(CC)C1. The molecule has 0 saturated heterocycles. The fourth-order valence-electron chi connectivity index (χ4n) is 3.38. The molecular formula is C17H27NO. The molecule has 1 N–H and O–H groups in total. The lowest BCUT2D eigenvalue weighted by molar-refractivity contribution is 0.130. The van der Waals surface area contributed by atoms with Crippen LogP contribution in [0.2, 0.25) is 0 Å². The largest absolute Gasteiger partial charge is 0.496 e. The van der Waals surface area contributed by atoms with Crippen LogP contribution in [0.1, 0.15) is 45.1 Å². The number of methoxy groups -OCH3 is 1. The van der Waals surface area contributed by atoms with Gasteiger partial charge in [0.2, 0.25) is 0 Å². The van der Waals surface area contributed by atoms with Crippen LogP contribution in [-0.4, -0.2) is 20.2 Å². The summed E-state index contributed by atoms with van der Waals surface area (Å²) in [6.45, 7) is 6.71. The lowest BCUT2D eigenvalue weighted by atomic mass is 9.57. The van der Waals surface area contributed by atoms with Crippen molar-refractivity contribution in [1.82, 2.24) is 5.32 Å². The predicted octanol–water partition coefficient (Wildman–Crippen LogP) is 3.75. The van der Waals surface area contributed by atoms with Gasteiger partial charge in [0.25, 0.3) is 0 Å². The maximum absolute atomic E-state index is 5.57. The van der Waals surface area contributed by atoms with Gasteiger partial charge < -0.3 is 10.1 Å². The maximum atomic E-state index is 5.57. The average molecular weight is 261 g/mol. The number of nitrogens with one attached hydrogen (secondary N) is 1. The van der Waals surface area contributed by atoms with Gasteiger partial charge in [-0.05, 0) is 37.8 Å². The number of hydrogen-bond donors (Lipinski definition) is 1. The Hall–Kier alpha value is -1.02. The van der Waals surface area contributed by atoms with Crippen LogP contribution in [0.15, 0.2) is 24.3 Å². The van der Waals surface area contributed by atoms with E-state index in [-0.39, 0.29) is 0 Å². The Balaban J connectivity index is 2.18. The highest BCUT2D eigenvalue weighted by molar-refractivity contribution is 5.42. The summed E-state index contributed by atoms with van der Waals surface area (Å²) >= 11 is 0. The second-order valence-electron chi connectivity index (χ2n) is 5.84. The zero-order valence-electron chi connectivity index (χ0n) is 12.5. The summed E-state index contributed by atoms with van der Waals surface area (Å²) in [5.41, 5.74) is 1.69. The van der Waals surface area contributed by atoms with Crippen molar-refractivity contribution < 1.29 is 4.74 Å². The summed E-state index contributed by atoms with van der Waals surface area (Å²) in [4.78, 5) is 0. The van der Waals surface area contributed by atoms with Crippen molar-refractivity contribution in [3.63, 3.8) is 0 Å². The van der Waals surface area contributed by atoms with Gasteiger partial charge in [0.15, 0.2) is 0 Å². The van der Waals surface area contributed by atoms with Crippen molar-refractivity contribution >= 4 is 0 Å². The van der Waals surface area contributed by atoms with Gasteiger partial charge in [-0.3, -0.25) is 0 Å². The van der Waals surface area contributed by atoms with Crippen molar-refractivity contribution in [2.75, 3.05) is 20.2 Å². The molecule has 1 fully saturated rings. The van der Waals surface area contributed by atoms with Gasteiger partial charge in [-0.25, -0.2) is 0 Å². The van der Waals surface area contributed by atoms with Gasteiger partial charge >= 0.3 is 0 Å². The lowest BCUT2D eigenvalue weighted by Crippen LogP contribution is -2.48. The molecule has 106 valence electrons. The van der Waals surface area contributed by atoms with Crippen LogP contribution < -0.4 is 10.1 Å². The van der Waals surface area contributed by atoms with E-state index in [9.17, 15) is 0 Å². The second kappa shape index (κ2) is 6.42. The van der Waals surface area contributed by atoms with E-state index in [1.54, 1.807) is 7.11 Å². The first-order valence-corrected chi connectivity index (χ1v) is 7.60. The Morgan fingerprint density at radius 3 is 2.63 bits per heavy atom. The van der Waals surface area contributed by atoms with Crippen LogP contribution in [-0.2, 0) is 5.41 Å². The van der Waals surface area contributed by atoms with Crippen LogP contribution in [0.4, 0.5) is 0 Å². The molecule has 1 aliphatic rings. The summed E-state index contributed by atoms with van der Waals surface area (Å²) < 4.78 is 5.57. The molecule has 1 aromatic rings. The fraction of sp³-hybridized carbons (Fsp3) is 0.647. The van der Waals surface area contributed by atoms with Gasteiger partial charge in [-0.1, -0.05) is 38.5 Å². The van der Waals surface area contributed by atoms with E-state index in [2.05, 4.69) is 43.4 Å². The zero-order chi connectivity index (χ0) is 13.7. The van der Waals surface area contributed by atoms with E-state index in [1.807, 2.05) is 0 Å². The molecule has 0 radical (unpaired) electrons. The monoisotopic (exact) mass is 261 g/mol. The molecule has 0 amide bonds. The molecule has 1 saturated carbocycles. The smallest absolute Gasteiger partial charge is 0.122 e. The zero-order valence-corrected chi connectivity index (χ0v) is 12.5. The molecule has 1 aliphatic carbocycles. The van der Waals surface area contributed by atoms with Crippen LogP contribution in [0, 0.1) is 5.92 Å². The Morgan fingerprint density at radius 2 is 2.00 bits per heavy atom. The number of hydrogen-bond acceptors (Lipinski definition) is 2. The quantitative estimate of drug-likeness (QED) is 0.755. The molecule has 0 aliphatic heterocycles. The first-order valence-electron chi connectivity index (χ1n) is 7.60. The number of benzene rings is 1. The molecule has 1 aromatic carbocycles. The summed E-state index contributed by atoms with van der Waals surface area (Å²) in [6, 6.07) is 8.54. The van der Waals surface area contributed by atoms with Crippen molar-refractivity contribution in [2.24, 2.45) is 5.92 Å². The minimum Gasteiger partial charge on any atom is -0.496 e. The average Bonchev–Trinajstić information content (AvgIpc) is 2.41. The third-order valence-corrected chi connectivity index (χ3v) is 4.50. The summed E-state index contributed by atoms with van der Waals surface area (Å²) in [5, 5.41) is 3.62. The summed E-state index contributed by atoms with van der Waals surface area (Å²) in [7, 11) is 1.78. The molecule has 0 unspecified atom stereocenters. The van der Waals surface area contributed by atoms with Gasteiger partial charge in [0.05, 0.1) is 7.11 Å². The summed E-state index contributed by atoms with van der Waals surface area (Å²) in [5.74, 6) is 1.93. The molecule has 0 heterocycles. The van der Waals surface area contributed by atoms with Gasteiger partial charge in [-0.15, -0.1) is 0 Å². The van der Waals surface area contributed by atoms with Crippen LogP contribution in [0.5, 0.6) is 5.75 Å². The Morgan fingerprint density at radius 1 is 1.26 bits per heavy atom. The molecule has 0 aromatic heterocycles. The minimum absolute atomic E-state index is 0.294. The third-order valence-electron chi connectivity index (χ3n) is 4.50. The highest BCUT2D eigenvalue weighted by Gasteiger charge is 2.45. The Bertz CT molecular complexity index is 396. The molecule has 19 heavy (non-hydrogen) atoms. The number of para-hydroxylation sites is 1. The minimum atomic E-state index is 0.294. The Kier molecular flexibility index (Phi) is 4.87. The number of rotatable bonds is 7. The molecular weight excluding hydrogens is 234 g/mol. The Labute approximate surface area is 117 Å². The van der Waals surface area contributed by atoms with Crippen molar-refractivity contribution in [2.45, 2.75) is 44.9 Å². The second-order valence-corrected chi connectivity index (χ2v) is 5.84.